The summed E-state index contributed by atoms with van der Waals surface area (Å²) >= 11 is 6.21. The first-order valence-corrected chi connectivity index (χ1v) is 8.10. The van der Waals surface area contributed by atoms with Gasteiger partial charge >= 0.3 is 5.97 Å². The van der Waals surface area contributed by atoms with Crippen LogP contribution >= 0.6 is 11.6 Å². The third-order valence-corrected chi connectivity index (χ3v) is 3.97. The van der Waals surface area contributed by atoms with E-state index in [4.69, 9.17) is 31.0 Å². The Morgan fingerprint density at radius 3 is 2.62 bits per heavy atom. The van der Waals surface area contributed by atoms with Crippen molar-refractivity contribution in [3.63, 3.8) is 0 Å². The van der Waals surface area contributed by atoms with Gasteiger partial charge in [-0.15, -0.1) is 0 Å². The minimum atomic E-state index is -1.10. The molecule has 0 aliphatic carbocycles. The SMILES string of the molecule is CON=Cc1cc(Cl)c(O[C@@H](C)C(=O)O)cc1Oc1c(C)c(C)nn1C. The molecular formula is C17H20ClN3O5. The highest BCUT2D eigenvalue weighted by atomic mass is 35.5. The lowest BCUT2D eigenvalue weighted by Crippen LogP contribution is -2.23. The van der Waals surface area contributed by atoms with Crippen molar-refractivity contribution < 1.29 is 24.2 Å². The molecule has 26 heavy (non-hydrogen) atoms. The van der Waals surface area contributed by atoms with Crippen LogP contribution in [0.3, 0.4) is 0 Å². The summed E-state index contributed by atoms with van der Waals surface area (Å²) in [4.78, 5) is 15.8. The fourth-order valence-corrected chi connectivity index (χ4v) is 2.39. The van der Waals surface area contributed by atoms with Gasteiger partial charge in [0.25, 0.3) is 0 Å². The fourth-order valence-electron chi connectivity index (χ4n) is 2.17. The zero-order chi connectivity index (χ0) is 19.4. The Labute approximate surface area is 155 Å². The monoisotopic (exact) mass is 381 g/mol. The third kappa shape index (κ3) is 4.26. The summed E-state index contributed by atoms with van der Waals surface area (Å²) in [6.07, 6.45) is 0.365. The molecule has 0 amide bonds. The molecule has 140 valence electrons. The highest BCUT2D eigenvalue weighted by molar-refractivity contribution is 6.32. The molecular weight excluding hydrogens is 362 g/mol. The average molecular weight is 382 g/mol. The van der Waals surface area contributed by atoms with Gasteiger partial charge in [-0.25, -0.2) is 9.48 Å². The predicted molar refractivity (Wildman–Crippen MR) is 96.5 cm³/mol. The molecule has 1 atom stereocenters. The normalized spacial score (nSPS) is 12.2. The van der Waals surface area contributed by atoms with Gasteiger partial charge in [0.15, 0.2) is 6.10 Å². The van der Waals surface area contributed by atoms with Crippen LogP contribution in [-0.2, 0) is 16.7 Å². The maximum atomic E-state index is 11.0. The van der Waals surface area contributed by atoms with Gasteiger partial charge in [-0.1, -0.05) is 16.8 Å². The lowest BCUT2D eigenvalue weighted by Gasteiger charge is -2.15. The number of carbonyl (C=O) groups is 1. The fraction of sp³-hybridized carbons (Fsp3) is 0.353. The maximum Gasteiger partial charge on any atom is 0.344 e. The van der Waals surface area contributed by atoms with Crippen LogP contribution in [0.4, 0.5) is 0 Å². The van der Waals surface area contributed by atoms with Gasteiger partial charge in [0.2, 0.25) is 5.88 Å². The van der Waals surface area contributed by atoms with E-state index < -0.39 is 12.1 Å². The van der Waals surface area contributed by atoms with E-state index in [9.17, 15) is 4.79 Å². The molecule has 0 unspecified atom stereocenters. The van der Waals surface area contributed by atoms with Crippen molar-refractivity contribution in [2.24, 2.45) is 12.2 Å². The van der Waals surface area contributed by atoms with Crippen molar-refractivity contribution in [2.75, 3.05) is 7.11 Å². The third-order valence-electron chi connectivity index (χ3n) is 3.68. The number of rotatable bonds is 7. The number of ether oxygens (including phenoxy) is 2. The lowest BCUT2D eigenvalue weighted by molar-refractivity contribution is -0.144. The average Bonchev–Trinajstić information content (AvgIpc) is 2.82. The number of aliphatic carboxylic acids is 1. The second kappa shape index (κ2) is 8.09. The predicted octanol–water partition coefficient (Wildman–Crippen LogP) is 3.31. The topological polar surface area (TPSA) is 95.2 Å². The molecule has 1 N–H and O–H groups in total. The number of hydrogen-bond acceptors (Lipinski definition) is 6. The number of nitrogens with zero attached hydrogens (tertiary/aromatic N) is 3. The second-order valence-electron chi connectivity index (χ2n) is 5.58. The van der Waals surface area contributed by atoms with Crippen LogP contribution < -0.4 is 9.47 Å². The molecule has 1 aromatic heterocycles. The first kappa shape index (κ1) is 19.6. The van der Waals surface area contributed by atoms with E-state index in [1.54, 1.807) is 17.8 Å². The molecule has 0 aliphatic rings. The molecule has 0 spiro atoms. The van der Waals surface area contributed by atoms with E-state index in [-0.39, 0.29) is 10.8 Å². The standard InChI is InChI=1S/C17H20ClN3O5/c1-9-10(2)20-21(4)16(9)26-14-7-15(25-11(3)17(22)23)13(18)6-12(14)8-19-24-5/h6-8,11H,1-5H3,(H,22,23)/t11-/m0/s1. The summed E-state index contributed by atoms with van der Waals surface area (Å²) in [5.74, 6) is -0.0163. The smallest absolute Gasteiger partial charge is 0.344 e. The first-order chi connectivity index (χ1) is 12.2. The van der Waals surface area contributed by atoms with Crippen molar-refractivity contribution in [3.8, 4) is 17.4 Å². The number of oxime groups is 1. The molecule has 0 bridgehead atoms. The zero-order valence-corrected chi connectivity index (χ0v) is 15.9. The summed E-state index contributed by atoms with van der Waals surface area (Å²) in [5.41, 5.74) is 2.24. The molecule has 1 heterocycles. The number of halogens is 1. The summed E-state index contributed by atoms with van der Waals surface area (Å²) in [6, 6.07) is 3.07. The van der Waals surface area contributed by atoms with Crippen LogP contribution in [0.2, 0.25) is 5.02 Å². The van der Waals surface area contributed by atoms with E-state index in [1.165, 1.54) is 26.3 Å². The van der Waals surface area contributed by atoms with E-state index in [1.807, 2.05) is 13.8 Å². The number of aromatic nitrogens is 2. The van der Waals surface area contributed by atoms with E-state index in [0.717, 1.165) is 11.3 Å². The molecule has 2 aromatic rings. The van der Waals surface area contributed by atoms with Gasteiger partial charge in [0, 0.05) is 24.2 Å². The molecule has 0 saturated heterocycles. The number of hydrogen-bond donors (Lipinski definition) is 1. The Bertz CT molecular complexity index is 847. The van der Waals surface area contributed by atoms with Gasteiger partial charge in [-0.3, -0.25) is 0 Å². The van der Waals surface area contributed by atoms with Crippen molar-refractivity contribution >= 4 is 23.8 Å². The van der Waals surface area contributed by atoms with Crippen LogP contribution in [0.25, 0.3) is 0 Å². The minimum absolute atomic E-state index is 0.183. The zero-order valence-electron chi connectivity index (χ0n) is 15.1. The minimum Gasteiger partial charge on any atom is -0.479 e. The number of benzene rings is 1. The summed E-state index contributed by atoms with van der Waals surface area (Å²) in [6.45, 7) is 5.18. The van der Waals surface area contributed by atoms with Gasteiger partial charge in [-0.2, -0.15) is 5.10 Å². The van der Waals surface area contributed by atoms with Crippen molar-refractivity contribution in [1.29, 1.82) is 0 Å². The van der Waals surface area contributed by atoms with Crippen LogP contribution in [0.15, 0.2) is 17.3 Å². The van der Waals surface area contributed by atoms with Gasteiger partial charge < -0.3 is 19.4 Å². The molecule has 0 aliphatic heterocycles. The molecule has 0 radical (unpaired) electrons. The highest BCUT2D eigenvalue weighted by Crippen LogP contribution is 2.36. The van der Waals surface area contributed by atoms with Crippen molar-refractivity contribution in [2.45, 2.75) is 26.9 Å². The van der Waals surface area contributed by atoms with Gasteiger partial charge in [0.1, 0.15) is 18.6 Å². The van der Waals surface area contributed by atoms with E-state index in [0.29, 0.717) is 17.2 Å². The molecule has 1 aromatic carbocycles. The largest absolute Gasteiger partial charge is 0.479 e. The highest BCUT2D eigenvalue weighted by Gasteiger charge is 2.19. The van der Waals surface area contributed by atoms with Crippen LogP contribution in [0, 0.1) is 13.8 Å². The molecule has 9 heteroatoms. The molecule has 8 nitrogen and oxygen atoms in total. The molecule has 0 fully saturated rings. The number of carboxylic acid groups (broad SMARTS) is 1. The van der Waals surface area contributed by atoms with Gasteiger partial charge in [0.05, 0.1) is 16.9 Å². The van der Waals surface area contributed by atoms with Crippen molar-refractivity contribution in [1.82, 2.24) is 9.78 Å². The van der Waals surface area contributed by atoms with Crippen molar-refractivity contribution in [3.05, 3.63) is 34.0 Å². The Morgan fingerprint density at radius 2 is 2.08 bits per heavy atom. The van der Waals surface area contributed by atoms with Crippen LogP contribution in [-0.4, -0.2) is 40.3 Å². The first-order valence-electron chi connectivity index (χ1n) is 7.72. The number of carboxylic acids is 1. The second-order valence-corrected chi connectivity index (χ2v) is 5.98. The molecule has 2 rings (SSSR count). The quantitative estimate of drug-likeness (QED) is 0.584. The Hall–Kier alpha value is -2.74. The Morgan fingerprint density at radius 1 is 1.38 bits per heavy atom. The maximum absolute atomic E-state index is 11.0. The van der Waals surface area contributed by atoms with Crippen LogP contribution in [0.1, 0.15) is 23.7 Å². The van der Waals surface area contributed by atoms with Crippen LogP contribution in [0.5, 0.6) is 17.4 Å². The molecule has 0 saturated carbocycles. The summed E-state index contributed by atoms with van der Waals surface area (Å²) < 4.78 is 13.0. The van der Waals surface area contributed by atoms with E-state index in [2.05, 4.69) is 10.3 Å². The Kier molecular flexibility index (Phi) is 6.10. The lowest BCUT2D eigenvalue weighted by atomic mass is 10.2. The summed E-state index contributed by atoms with van der Waals surface area (Å²) in [5, 5.41) is 17.3. The summed E-state index contributed by atoms with van der Waals surface area (Å²) in [7, 11) is 3.18. The Balaban J connectivity index is 2.49. The van der Waals surface area contributed by atoms with Gasteiger partial charge in [-0.05, 0) is 26.8 Å². The number of aryl methyl sites for hydroxylation is 2. The van der Waals surface area contributed by atoms with E-state index >= 15 is 0 Å².